The number of carbonyl (C=O) groups is 1. The maximum Gasteiger partial charge on any atom is 0.190 e. The Hall–Kier alpha value is -0.860. The number of ketones is 1. The molecule has 0 aliphatic carbocycles. The van der Waals surface area contributed by atoms with E-state index in [1.54, 1.807) is 6.92 Å². The fourth-order valence-electron chi connectivity index (χ4n) is 1.30. The second-order valence-electron chi connectivity index (χ2n) is 3.13. The van der Waals surface area contributed by atoms with Crippen LogP contribution >= 0.6 is 22.9 Å². The second-order valence-corrected chi connectivity index (χ2v) is 4.87. The molecule has 1 unspecified atom stereocenters. The molecule has 72 valence electrons. The summed E-state index contributed by atoms with van der Waals surface area (Å²) < 4.78 is 1.13. The SMILES string of the molecule is CC(Cl)C(=O)c1cc2ccccc2s1. The first kappa shape index (κ1) is 9.69. The van der Waals surface area contributed by atoms with Crippen LogP contribution in [-0.2, 0) is 0 Å². The number of halogens is 1. The molecular formula is C11H9ClOS. The van der Waals surface area contributed by atoms with Crippen LogP contribution in [0.4, 0.5) is 0 Å². The molecule has 1 aromatic carbocycles. The van der Waals surface area contributed by atoms with Gasteiger partial charge in [-0.05, 0) is 24.4 Å². The van der Waals surface area contributed by atoms with Crippen LogP contribution in [0.15, 0.2) is 30.3 Å². The van der Waals surface area contributed by atoms with Gasteiger partial charge in [0.05, 0.1) is 10.3 Å². The summed E-state index contributed by atoms with van der Waals surface area (Å²) in [4.78, 5) is 12.3. The van der Waals surface area contributed by atoms with E-state index in [-0.39, 0.29) is 5.78 Å². The van der Waals surface area contributed by atoms with E-state index in [9.17, 15) is 4.79 Å². The lowest BCUT2D eigenvalue weighted by atomic mass is 10.2. The molecule has 1 nitrogen and oxygen atoms in total. The number of benzene rings is 1. The molecule has 0 saturated heterocycles. The lowest BCUT2D eigenvalue weighted by molar-refractivity contribution is 0.0995. The highest BCUT2D eigenvalue weighted by Gasteiger charge is 2.14. The van der Waals surface area contributed by atoms with Gasteiger partial charge in [0.15, 0.2) is 5.78 Å². The van der Waals surface area contributed by atoms with Gasteiger partial charge in [0.25, 0.3) is 0 Å². The molecule has 0 amide bonds. The molecule has 2 rings (SSSR count). The maximum atomic E-state index is 11.6. The Morgan fingerprint density at radius 2 is 2.14 bits per heavy atom. The van der Waals surface area contributed by atoms with Gasteiger partial charge in [-0.3, -0.25) is 4.79 Å². The number of hydrogen-bond acceptors (Lipinski definition) is 2. The van der Waals surface area contributed by atoms with E-state index in [0.717, 1.165) is 15.0 Å². The van der Waals surface area contributed by atoms with Crippen molar-refractivity contribution >= 4 is 38.8 Å². The van der Waals surface area contributed by atoms with Crippen LogP contribution in [0.5, 0.6) is 0 Å². The Bertz CT molecular complexity index is 440. The Morgan fingerprint density at radius 3 is 2.79 bits per heavy atom. The van der Waals surface area contributed by atoms with Crippen LogP contribution < -0.4 is 0 Å². The van der Waals surface area contributed by atoms with E-state index < -0.39 is 5.38 Å². The molecule has 0 radical (unpaired) electrons. The van der Waals surface area contributed by atoms with Gasteiger partial charge in [0, 0.05) is 4.70 Å². The van der Waals surface area contributed by atoms with Crippen molar-refractivity contribution in [2.45, 2.75) is 12.3 Å². The second kappa shape index (κ2) is 3.71. The quantitative estimate of drug-likeness (QED) is 0.562. The minimum absolute atomic E-state index is 0.00728. The number of carbonyl (C=O) groups excluding carboxylic acids is 1. The smallest absolute Gasteiger partial charge is 0.190 e. The molecule has 3 heteroatoms. The van der Waals surface area contributed by atoms with Gasteiger partial charge < -0.3 is 0 Å². The third-order valence-corrected chi connectivity index (χ3v) is 3.36. The van der Waals surface area contributed by atoms with E-state index in [4.69, 9.17) is 11.6 Å². The molecule has 0 N–H and O–H groups in total. The summed E-state index contributed by atoms with van der Waals surface area (Å²) in [7, 11) is 0. The van der Waals surface area contributed by atoms with Crippen molar-refractivity contribution in [2.24, 2.45) is 0 Å². The van der Waals surface area contributed by atoms with Crippen molar-refractivity contribution in [3.8, 4) is 0 Å². The van der Waals surface area contributed by atoms with E-state index in [2.05, 4.69) is 0 Å². The van der Waals surface area contributed by atoms with Crippen molar-refractivity contribution < 1.29 is 4.79 Å². The van der Waals surface area contributed by atoms with Gasteiger partial charge in [-0.1, -0.05) is 18.2 Å². The number of hydrogen-bond donors (Lipinski definition) is 0. The molecule has 1 atom stereocenters. The summed E-state index contributed by atoms with van der Waals surface area (Å²) in [5.41, 5.74) is 0. The van der Waals surface area contributed by atoms with Crippen LogP contribution in [0.25, 0.3) is 10.1 Å². The van der Waals surface area contributed by atoms with Gasteiger partial charge in [-0.2, -0.15) is 0 Å². The molecule has 0 bridgehead atoms. The van der Waals surface area contributed by atoms with Crippen LogP contribution in [0, 0.1) is 0 Å². The Labute approximate surface area is 91.3 Å². The zero-order chi connectivity index (χ0) is 10.1. The number of thiophene rings is 1. The number of alkyl halides is 1. The number of rotatable bonds is 2. The third-order valence-electron chi connectivity index (χ3n) is 2.03. The Morgan fingerprint density at radius 1 is 1.43 bits per heavy atom. The highest BCUT2D eigenvalue weighted by atomic mass is 35.5. The van der Waals surface area contributed by atoms with Crippen molar-refractivity contribution in [3.63, 3.8) is 0 Å². The monoisotopic (exact) mass is 224 g/mol. The molecule has 1 heterocycles. The first-order chi connectivity index (χ1) is 6.68. The molecule has 0 aliphatic heterocycles. The standard InChI is InChI=1S/C11H9ClOS/c1-7(12)11(13)10-6-8-4-2-3-5-9(8)14-10/h2-7H,1H3. The molecule has 0 aliphatic rings. The highest BCUT2D eigenvalue weighted by Crippen LogP contribution is 2.26. The Balaban J connectivity index is 2.50. The third kappa shape index (κ3) is 1.68. The van der Waals surface area contributed by atoms with Crippen molar-refractivity contribution in [3.05, 3.63) is 35.2 Å². The normalized spacial score (nSPS) is 13.0. The molecular weight excluding hydrogens is 216 g/mol. The lowest BCUT2D eigenvalue weighted by Crippen LogP contribution is -2.07. The summed E-state index contributed by atoms with van der Waals surface area (Å²) in [5.74, 6) is 0.00728. The largest absolute Gasteiger partial charge is 0.292 e. The number of fused-ring (bicyclic) bond motifs is 1. The summed E-state index contributed by atoms with van der Waals surface area (Å²) in [6, 6.07) is 9.85. The van der Waals surface area contributed by atoms with Gasteiger partial charge in [-0.25, -0.2) is 0 Å². The molecule has 0 fully saturated rings. The fraction of sp³-hybridized carbons (Fsp3) is 0.182. The molecule has 1 aromatic heterocycles. The maximum absolute atomic E-state index is 11.6. The molecule has 0 saturated carbocycles. The van der Waals surface area contributed by atoms with E-state index in [1.165, 1.54) is 11.3 Å². The van der Waals surface area contributed by atoms with Gasteiger partial charge in [0.2, 0.25) is 0 Å². The molecule has 0 spiro atoms. The Kier molecular flexibility index (Phi) is 2.57. The van der Waals surface area contributed by atoms with E-state index in [1.807, 2.05) is 30.3 Å². The predicted molar refractivity (Wildman–Crippen MR) is 61.5 cm³/mol. The summed E-state index contributed by atoms with van der Waals surface area (Å²) in [6.45, 7) is 1.70. The minimum atomic E-state index is -0.442. The van der Waals surface area contributed by atoms with Crippen LogP contribution in [0.1, 0.15) is 16.6 Å². The molecule has 14 heavy (non-hydrogen) atoms. The first-order valence-electron chi connectivity index (χ1n) is 4.35. The van der Waals surface area contributed by atoms with Gasteiger partial charge in [0.1, 0.15) is 0 Å². The predicted octanol–water partition coefficient (Wildman–Crippen LogP) is 3.71. The van der Waals surface area contributed by atoms with Crippen molar-refractivity contribution in [1.29, 1.82) is 0 Å². The van der Waals surface area contributed by atoms with Crippen LogP contribution in [0.2, 0.25) is 0 Å². The summed E-state index contributed by atoms with van der Waals surface area (Å²) in [5, 5.41) is 0.668. The number of Topliss-reactive ketones (excluding diaryl/α,β-unsaturated/α-hetero) is 1. The lowest BCUT2D eigenvalue weighted by Gasteiger charge is -1.96. The fourth-order valence-corrected chi connectivity index (χ4v) is 2.57. The zero-order valence-electron chi connectivity index (χ0n) is 7.66. The van der Waals surface area contributed by atoms with Crippen molar-refractivity contribution in [1.82, 2.24) is 0 Å². The van der Waals surface area contributed by atoms with E-state index in [0.29, 0.717) is 0 Å². The van der Waals surface area contributed by atoms with Gasteiger partial charge in [-0.15, -0.1) is 22.9 Å². The van der Waals surface area contributed by atoms with Crippen molar-refractivity contribution in [2.75, 3.05) is 0 Å². The minimum Gasteiger partial charge on any atom is -0.292 e. The topological polar surface area (TPSA) is 17.1 Å². The average Bonchev–Trinajstić information content (AvgIpc) is 2.59. The van der Waals surface area contributed by atoms with Gasteiger partial charge >= 0.3 is 0 Å². The first-order valence-corrected chi connectivity index (χ1v) is 5.60. The van der Waals surface area contributed by atoms with E-state index >= 15 is 0 Å². The summed E-state index contributed by atoms with van der Waals surface area (Å²) >= 11 is 7.25. The average molecular weight is 225 g/mol. The zero-order valence-corrected chi connectivity index (χ0v) is 9.23. The molecule has 2 aromatic rings. The highest BCUT2D eigenvalue weighted by molar-refractivity contribution is 7.21. The van der Waals surface area contributed by atoms with Crippen LogP contribution in [-0.4, -0.2) is 11.2 Å². The van der Waals surface area contributed by atoms with Crippen LogP contribution in [0.3, 0.4) is 0 Å². The summed E-state index contributed by atoms with van der Waals surface area (Å²) in [6.07, 6.45) is 0.